The van der Waals surface area contributed by atoms with Gasteiger partial charge in [-0.2, -0.15) is 5.10 Å². The van der Waals surface area contributed by atoms with E-state index in [1.54, 1.807) is 7.11 Å². The maximum Gasteiger partial charge on any atom is 0.224 e. The Labute approximate surface area is 188 Å². The number of carbonyl (C=O) groups excluding carboxylic acids is 1. The van der Waals surface area contributed by atoms with Crippen molar-refractivity contribution in [3.05, 3.63) is 82.1 Å². The lowest BCUT2D eigenvalue weighted by Crippen LogP contribution is -2.37. The number of nitrogens with one attached hydrogen (secondary N) is 1. The number of methoxy groups -OCH3 is 1. The van der Waals surface area contributed by atoms with E-state index in [4.69, 9.17) is 16.3 Å². The van der Waals surface area contributed by atoms with Gasteiger partial charge in [0, 0.05) is 16.3 Å². The molecule has 0 saturated carbocycles. The Morgan fingerprint density at radius 1 is 1.23 bits per heavy atom. The van der Waals surface area contributed by atoms with Crippen molar-refractivity contribution in [1.29, 1.82) is 0 Å². The fourth-order valence-electron chi connectivity index (χ4n) is 4.32. The Bertz CT molecular complexity index is 1070. The number of rotatable bonds is 6. The van der Waals surface area contributed by atoms with Crippen LogP contribution in [0.3, 0.4) is 0 Å². The smallest absolute Gasteiger partial charge is 0.224 e. The van der Waals surface area contributed by atoms with E-state index in [2.05, 4.69) is 24.3 Å². The first-order valence-corrected chi connectivity index (χ1v) is 10.9. The van der Waals surface area contributed by atoms with Crippen molar-refractivity contribution >= 4 is 17.5 Å². The highest BCUT2D eigenvalue weighted by atomic mass is 35.5. The monoisotopic (exact) mass is 437 g/mol. The van der Waals surface area contributed by atoms with Crippen LogP contribution in [0.2, 0.25) is 5.02 Å². The predicted octanol–water partition coefficient (Wildman–Crippen LogP) is 4.97. The summed E-state index contributed by atoms with van der Waals surface area (Å²) in [5.74, 6) is 0.798. The van der Waals surface area contributed by atoms with Gasteiger partial charge in [-0.05, 0) is 47.6 Å². The summed E-state index contributed by atoms with van der Waals surface area (Å²) in [7, 11) is 1.63. The van der Waals surface area contributed by atoms with E-state index >= 15 is 0 Å². The highest BCUT2D eigenvalue weighted by Gasteiger charge is 2.35. The average molecular weight is 438 g/mol. The molecule has 0 radical (unpaired) electrons. The molecule has 1 atom stereocenters. The van der Waals surface area contributed by atoms with E-state index in [0.717, 1.165) is 40.3 Å². The zero-order valence-corrected chi connectivity index (χ0v) is 18.9. The molecule has 6 heteroatoms. The van der Waals surface area contributed by atoms with E-state index in [9.17, 15) is 4.79 Å². The SMILES string of the molecule is COc1ccc(CC(=O)N[C@@H]2CC(C)(C)Cc3c2cnn3Cc2ccccc2Cl)cc1. The van der Waals surface area contributed by atoms with Crippen molar-refractivity contribution in [3.63, 3.8) is 0 Å². The van der Waals surface area contributed by atoms with Gasteiger partial charge in [0.15, 0.2) is 0 Å². The third kappa shape index (κ3) is 4.93. The summed E-state index contributed by atoms with van der Waals surface area (Å²) in [4.78, 5) is 12.8. The largest absolute Gasteiger partial charge is 0.497 e. The summed E-state index contributed by atoms with van der Waals surface area (Å²) in [6.07, 6.45) is 4.04. The number of hydrogen-bond acceptors (Lipinski definition) is 3. The van der Waals surface area contributed by atoms with Gasteiger partial charge in [-0.25, -0.2) is 0 Å². The minimum atomic E-state index is -0.0514. The van der Waals surface area contributed by atoms with Crippen LogP contribution in [0.5, 0.6) is 5.75 Å². The minimum Gasteiger partial charge on any atom is -0.497 e. The molecule has 1 aliphatic carbocycles. The standard InChI is InChI=1S/C25H28ClN3O2/c1-25(2)13-22(28-24(30)12-17-8-10-19(31-3)11-9-17)20-15-27-29(23(20)14-25)16-18-6-4-5-7-21(18)26/h4-11,15,22H,12-14,16H2,1-3H3,(H,28,30)/t22-/m1/s1. The van der Waals surface area contributed by atoms with Crippen molar-refractivity contribution < 1.29 is 9.53 Å². The van der Waals surface area contributed by atoms with Gasteiger partial charge in [-0.1, -0.05) is 55.8 Å². The Morgan fingerprint density at radius 2 is 1.97 bits per heavy atom. The molecule has 0 spiro atoms. The minimum absolute atomic E-state index is 0.0117. The number of benzene rings is 2. The molecule has 1 aliphatic rings. The summed E-state index contributed by atoms with van der Waals surface area (Å²) in [5, 5.41) is 8.64. The molecule has 1 amide bonds. The van der Waals surface area contributed by atoms with Gasteiger partial charge < -0.3 is 10.1 Å². The second kappa shape index (κ2) is 8.75. The van der Waals surface area contributed by atoms with Crippen molar-refractivity contribution in [1.82, 2.24) is 15.1 Å². The number of ether oxygens (including phenoxy) is 1. The Kier molecular flexibility index (Phi) is 6.05. The molecule has 0 fully saturated rings. The molecule has 0 saturated heterocycles. The quantitative estimate of drug-likeness (QED) is 0.592. The molecule has 1 aromatic heterocycles. The van der Waals surface area contributed by atoms with Crippen LogP contribution in [-0.2, 0) is 24.2 Å². The number of nitrogens with zero attached hydrogens (tertiary/aromatic N) is 2. The molecule has 5 nitrogen and oxygen atoms in total. The predicted molar refractivity (Wildman–Crippen MR) is 122 cm³/mol. The first-order chi connectivity index (χ1) is 14.8. The maximum atomic E-state index is 12.8. The van der Waals surface area contributed by atoms with Crippen LogP contribution in [-0.4, -0.2) is 22.8 Å². The first-order valence-electron chi connectivity index (χ1n) is 10.5. The molecular weight excluding hydrogens is 410 g/mol. The molecule has 0 aliphatic heterocycles. The molecule has 1 N–H and O–H groups in total. The lowest BCUT2D eigenvalue weighted by Gasteiger charge is -2.36. The summed E-state index contributed by atoms with van der Waals surface area (Å²) < 4.78 is 7.22. The zero-order valence-electron chi connectivity index (χ0n) is 18.2. The van der Waals surface area contributed by atoms with E-state index < -0.39 is 0 Å². The number of amides is 1. The highest BCUT2D eigenvalue weighted by molar-refractivity contribution is 6.31. The van der Waals surface area contributed by atoms with Crippen molar-refractivity contribution in [3.8, 4) is 5.75 Å². The maximum absolute atomic E-state index is 12.8. The molecule has 1 heterocycles. The molecule has 4 rings (SSSR count). The van der Waals surface area contributed by atoms with Crippen molar-refractivity contribution in [2.24, 2.45) is 5.41 Å². The molecule has 31 heavy (non-hydrogen) atoms. The fourth-order valence-corrected chi connectivity index (χ4v) is 4.52. The van der Waals surface area contributed by atoms with Gasteiger partial charge in [-0.15, -0.1) is 0 Å². The third-order valence-corrected chi connectivity index (χ3v) is 6.26. The van der Waals surface area contributed by atoms with Gasteiger partial charge in [-0.3, -0.25) is 9.48 Å². The van der Waals surface area contributed by atoms with Crippen molar-refractivity contribution in [2.75, 3.05) is 7.11 Å². The number of hydrogen-bond donors (Lipinski definition) is 1. The molecule has 0 unspecified atom stereocenters. The first kappa shape index (κ1) is 21.4. The fraction of sp³-hybridized carbons (Fsp3) is 0.360. The number of carbonyl (C=O) groups is 1. The summed E-state index contributed by atoms with van der Waals surface area (Å²) in [6, 6.07) is 15.4. The van der Waals surface area contributed by atoms with Crippen LogP contribution in [0, 0.1) is 5.41 Å². The number of fused-ring (bicyclic) bond motifs is 1. The summed E-state index contributed by atoms with van der Waals surface area (Å²) in [6.45, 7) is 5.11. The Hall–Kier alpha value is -2.79. The highest BCUT2D eigenvalue weighted by Crippen LogP contribution is 2.41. The number of aromatic nitrogens is 2. The Morgan fingerprint density at radius 3 is 2.68 bits per heavy atom. The molecule has 3 aromatic rings. The lowest BCUT2D eigenvalue weighted by atomic mass is 9.74. The van der Waals surface area contributed by atoms with Crippen LogP contribution in [0.25, 0.3) is 0 Å². The van der Waals surface area contributed by atoms with Gasteiger partial charge >= 0.3 is 0 Å². The molecule has 2 aromatic carbocycles. The molecular formula is C25H28ClN3O2. The Balaban J connectivity index is 1.52. The van der Waals surface area contributed by atoms with Crippen LogP contribution >= 0.6 is 11.6 Å². The van der Waals surface area contributed by atoms with Crippen molar-refractivity contribution in [2.45, 2.75) is 45.7 Å². The van der Waals surface area contributed by atoms with Gasteiger partial charge in [0.2, 0.25) is 5.91 Å². The van der Waals surface area contributed by atoms with Crippen LogP contribution in [0.1, 0.15) is 48.7 Å². The summed E-state index contributed by atoms with van der Waals surface area (Å²) in [5.41, 5.74) is 4.34. The molecule has 0 bridgehead atoms. The van der Waals surface area contributed by atoms with E-state index in [1.165, 1.54) is 5.69 Å². The van der Waals surface area contributed by atoms with Crippen LogP contribution in [0.4, 0.5) is 0 Å². The van der Waals surface area contributed by atoms with Gasteiger partial charge in [0.1, 0.15) is 5.75 Å². The van der Waals surface area contributed by atoms with E-state index in [-0.39, 0.29) is 17.4 Å². The second-order valence-corrected chi connectivity index (χ2v) is 9.39. The average Bonchev–Trinajstić information content (AvgIpc) is 3.11. The van der Waals surface area contributed by atoms with Gasteiger partial charge in [0.25, 0.3) is 0 Å². The molecule has 162 valence electrons. The van der Waals surface area contributed by atoms with Gasteiger partial charge in [0.05, 0.1) is 32.3 Å². The van der Waals surface area contributed by atoms with Crippen LogP contribution in [0.15, 0.2) is 54.7 Å². The van der Waals surface area contributed by atoms with E-state index in [1.807, 2.05) is 59.4 Å². The van der Waals surface area contributed by atoms with Crippen LogP contribution < -0.4 is 10.1 Å². The second-order valence-electron chi connectivity index (χ2n) is 8.99. The normalized spacial score (nSPS) is 17.1. The topological polar surface area (TPSA) is 56.1 Å². The lowest BCUT2D eigenvalue weighted by molar-refractivity contribution is -0.121. The van der Waals surface area contributed by atoms with E-state index in [0.29, 0.717) is 13.0 Å². The number of halogens is 1. The zero-order chi connectivity index (χ0) is 22.0. The third-order valence-electron chi connectivity index (χ3n) is 5.90. The summed E-state index contributed by atoms with van der Waals surface area (Å²) >= 11 is 6.37.